The van der Waals surface area contributed by atoms with Gasteiger partial charge < -0.3 is 14.0 Å². The summed E-state index contributed by atoms with van der Waals surface area (Å²) in [5.41, 5.74) is 0. The van der Waals surface area contributed by atoms with Crippen LogP contribution in [0.3, 0.4) is 0 Å². The Morgan fingerprint density at radius 3 is 2.75 bits per heavy atom. The summed E-state index contributed by atoms with van der Waals surface area (Å²) in [6, 6.07) is 4.04. The molecule has 1 aliphatic heterocycles. The molecule has 1 aromatic rings. The van der Waals surface area contributed by atoms with Gasteiger partial charge in [-0.3, -0.25) is 0 Å². The van der Waals surface area contributed by atoms with Crippen LogP contribution >= 0.6 is 0 Å². The zero-order chi connectivity index (χ0) is 8.23. The third-order valence-corrected chi connectivity index (χ3v) is 1.97. The van der Waals surface area contributed by atoms with Gasteiger partial charge in [0.05, 0.1) is 32.5 Å². The number of aromatic nitrogens is 1. The minimum absolute atomic E-state index is 0.228. The molecule has 2 rings (SSSR count). The Kier molecular flexibility index (Phi) is 2.44. The number of nitrogens with zero attached hydrogens (tertiary/aromatic N) is 1. The van der Waals surface area contributed by atoms with Gasteiger partial charge in [0, 0.05) is 12.4 Å². The maximum Gasteiger partial charge on any atom is 0.0987 e. The van der Waals surface area contributed by atoms with E-state index in [0.29, 0.717) is 0 Å². The van der Waals surface area contributed by atoms with Gasteiger partial charge in [0.2, 0.25) is 0 Å². The lowest BCUT2D eigenvalue weighted by atomic mass is 10.3. The lowest BCUT2D eigenvalue weighted by molar-refractivity contribution is -0.0935. The molecular weight excluding hydrogens is 154 g/mol. The van der Waals surface area contributed by atoms with Crippen molar-refractivity contribution in [2.24, 2.45) is 0 Å². The van der Waals surface area contributed by atoms with Gasteiger partial charge in [0.25, 0.3) is 0 Å². The lowest BCUT2D eigenvalue weighted by Crippen LogP contribution is -2.31. The lowest BCUT2D eigenvalue weighted by Gasteiger charge is -2.23. The molecule has 0 amide bonds. The molecule has 1 atom stereocenters. The SMILES string of the molecule is c1ccn(CC2COCCO2)c1. The normalized spacial score (nSPS) is 24.2. The smallest absolute Gasteiger partial charge is 0.0987 e. The quantitative estimate of drug-likeness (QED) is 0.653. The van der Waals surface area contributed by atoms with E-state index in [0.717, 1.165) is 26.4 Å². The molecule has 3 nitrogen and oxygen atoms in total. The van der Waals surface area contributed by atoms with E-state index in [1.807, 2.05) is 24.5 Å². The molecule has 3 heteroatoms. The summed E-state index contributed by atoms with van der Waals surface area (Å²) in [6.07, 6.45) is 4.31. The van der Waals surface area contributed by atoms with Crippen LogP contribution in [0.1, 0.15) is 0 Å². The van der Waals surface area contributed by atoms with Crippen LogP contribution in [0.25, 0.3) is 0 Å². The van der Waals surface area contributed by atoms with Crippen LogP contribution in [-0.2, 0) is 16.0 Å². The molecule has 1 unspecified atom stereocenters. The highest BCUT2D eigenvalue weighted by atomic mass is 16.6. The molecule has 12 heavy (non-hydrogen) atoms. The largest absolute Gasteiger partial charge is 0.376 e. The fourth-order valence-corrected chi connectivity index (χ4v) is 1.37. The van der Waals surface area contributed by atoms with Crippen LogP contribution in [0.2, 0.25) is 0 Å². The maximum atomic E-state index is 5.51. The molecule has 1 saturated heterocycles. The first-order valence-corrected chi connectivity index (χ1v) is 4.25. The zero-order valence-corrected chi connectivity index (χ0v) is 6.98. The van der Waals surface area contributed by atoms with E-state index in [9.17, 15) is 0 Å². The van der Waals surface area contributed by atoms with Crippen LogP contribution < -0.4 is 0 Å². The van der Waals surface area contributed by atoms with Gasteiger partial charge in [-0.05, 0) is 12.1 Å². The van der Waals surface area contributed by atoms with Crippen molar-refractivity contribution < 1.29 is 9.47 Å². The first-order chi connectivity index (χ1) is 5.95. The fraction of sp³-hybridized carbons (Fsp3) is 0.556. The van der Waals surface area contributed by atoms with Crippen molar-refractivity contribution in [1.29, 1.82) is 0 Å². The highest BCUT2D eigenvalue weighted by molar-refractivity contribution is 4.90. The van der Waals surface area contributed by atoms with E-state index in [4.69, 9.17) is 9.47 Å². The average Bonchev–Trinajstić information content (AvgIpc) is 2.59. The van der Waals surface area contributed by atoms with E-state index in [2.05, 4.69) is 4.57 Å². The van der Waals surface area contributed by atoms with Crippen molar-refractivity contribution in [2.75, 3.05) is 19.8 Å². The van der Waals surface area contributed by atoms with Crippen molar-refractivity contribution in [2.45, 2.75) is 12.6 Å². The average molecular weight is 167 g/mol. The first-order valence-electron chi connectivity index (χ1n) is 4.25. The molecule has 0 aromatic carbocycles. The number of hydrogen-bond donors (Lipinski definition) is 0. The topological polar surface area (TPSA) is 23.4 Å². The van der Waals surface area contributed by atoms with E-state index < -0.39 is 0 Å². The summed E-state index contributed by atoms with van der Waals surface area (Å²) in [6.45, 7) is 3.08. The predicted molar refractivity (Wildman–Crippen MR) is 45.0 cm³/mol. The molecule has 1 fully saturated rings. The second-order valence-electron chi connectivity index (χ2n) is 2.95. The van der Waals surface area contributed by atoms with Gasteiger partial charge >= 0.3 is 0 Å². The van der Waals surface area contributed by atoms with E-state index >= 15 is 0 Å². The molecule has 66 valence electrons. The Morgan fingerprint density at radius 1 is 1.25 bits per heavy atom. The minimum Gasteiger partial charge on any atom is -0.376 e. The standard InChI is InChI=1S/C9H13NO2/c1-2-4-10(3-1)7-9-8-11-5-6-12-9/h1-4,9H,5-8H2. The van der Waals surface area contributed by atoms with Crippen LogP contribution in [0.15, 0.2) is 24.5 Å². The second kappa shape index (κ2) is 3.74. The Balaban J connectivity index is 1.86. The number of rotatable bonds is 2. The molecule has 0 radical (unpaired) electrons. The summed E-state index contributed by atoms with van der Waals surface area (Å²) in [5.74, 6) is 0. The molecule has 1 aromatic heterocycles. The third-order valence-electron chi connectivity index (χ3n) is 1.97. The van der Waals surface area contributed by atoms with Crippen LogP contribution in [0, 0.1) is 0 Å². The van der Waals surface area contributed by atoms with E-state index in [1.165, 1.54) is 0 Å². The van der Waals surface area contributed by atoms with Crippen LogP contribution in [0.5, 0.6) is 0 Å². The highest BCUT2D eigenvalue weighted by Gasteiger charge is 2.13. The van der Waals surface area contributed by atoms with Crippen LogP contribution in [-0.4, -0.2) is 30.5 Å². The number of hydrogen-bond acceptors (Lipinski definition) is 2. The maximum absolute atomic E-state index is 5.51. The summed E-state index contributed by atoms with van der Waals surface area (Å²) < 4.78 is 12.9. The summed E-state index contributed by atoms with van der Waals surface area (Å²) in [5, 5.41) is 0. The molecule has 0 N–H and O–H groups in total. The van der Waals surface area contributed by atoms with Gasteiger partial charge in [-0.1, -0.05) is 0 Å². The molecule has 2 heterocycles. The Labute approximate surface area is 71.9 Å². The van der Waals surface area contributed by atoms with Crippen molar-refractivity contribution in [3.05, 3.63) is 24.5 Å². The minimum atomic E-state index is 0.228. The molecule has 0 bridgehead atoms. The molecule has 1 aliphatic rings. The Morgan fingerprint density at radius 2 is 2.08 bits per heavy atom. The summed E-state index contributed by atoms with van der Waals surface area (Å²) in [7, 11) is 0. The molecule has 0 spiro atoms. The van der Waals surface area contributed by atoms with Crippen molar-refractivity contribution in [1.82, 2.24) is 4.57 Å². The third kappa shape index (κ3) is 1.87. The van der Waals surface area contributed by atoms with Crippen LogP contribution in [0.4, 0.5) is 0 Å². The van der Waals surface area contributed by atoms with Gasteiger partial charge in [-0.25, -0.2) is 0 Å². The monoisotopic (exact) mass is 167 g/mol. The van der Waals surface area contributed by atoms with Crippen molar-refractivity contribution >= 4 is 0 Å². The first kappa shape index (κ1) is 7.83. The zero-order valence-electron chi connectivity index (χ0n) is 6.98. The van der Waals surface area contributed by atoms with E-state index in [-0.39, 0.29) is 6.10 Å². The van der Waals surface area contributed by atoms with Gasteiger partial charge in [-0.15, -0.1) is 0 Å². The predicted octanol–water partition coefficient (Wildman–Crippen LogP) is 0.903. The summed E-state index contributed by atoms with van der Waals surface area (Å²) in [4.78, 5) is 0. The Hall–Kier alpha value is -0.800. The number of ether oxygens (including phenoxy) is 2. The van der Waals surface area contributed by atoms with Crippen molar-refractivity contribution in [3.63, 3.8) is 0 Å². The van der Waals surface area contributed by atoms with Crippen molar-refractivity contribution in [3.8, 4) is 0 Å². The van der Waals surface area contributed by atoms with Gasteiger partial charge in [0.1, 0.15) is 0 Å². The second-order valence-corrected chi connectivity index (χ2v) is 2.95. The fourth-order valence-electron chi connectivity index (χ4n) is 1.37. The molecular formula is C9H13NO2. The van der Waals surface area contributed by atoms with Gasteiger partial charge in [-0.2, -0.15) is 0 Å². The van der Waals surface area contributed by atoms with E-state index in [1.54, 1.807) is 0 Å². The Bertz CT molecular complexity index is 214. The summed E-state index contributed by atoms with van der Waals surface area (Å²) >= 11 is 0. The van der Waals surface area contributed by atoms with Gasteiger partial charge in [0.15, 0.2) is 0 Å². The molecule has 0 saturated carbocycles. The molecule has 0 aliphatic carbocycles. The highest BCUT2D eigenvalue weighted by Crippen LogP contribution is 2.03.